The minimum Gasteiger partial charge on any atom is -0.493 e. The molecule has 0 bridgehead atoms. The third-order valence-corrected chi connectivity index (χ3v) is 6.52. The number of hydrogen-bond donors (Lipinski definition) is 2. The summed E-state index contributed by atoms with van der Waals surface area (Å²) in [5, 5.41) is 28.6. The Bertz CT molecular complexity index is 1540. The van der Waals surface area contributed by atoms with Crippen LogP contribution >= 0.6 is 15.9 Å². The van der Waals surface area contributed by atoms with E-state index < -0.39 is 31.3 Å². The SMILES string of the molecule is COc1cc(/C=N\Nc2ccc([N+](=O)[O-])cc2[N+](=O)[O-])cc(Br)c1OS(=O)(=O)c1ccc(NC(C)=O)cc1. The summed E-state index contributed by atoms with van der Waals surface area (Å²) < 4.78 is 36.3. The van der Waals surface area contributed by atoms with Crippen LogP contribution in [0.3, 0.4) is 0 Å². The van der Waals surface area contributed by atoms with Gasteiger partial charge in [-0.2, -0.15) is 13.5 Å². The highest BCUT2D eigenvalue weighted by molar-refractivity contribution is 9.10. The largest absolute Gasteiger partial charge is 0.493 e. The van der Waals surface area contributed by atoms with Gasteiger partial charge in [0.25, 0.3) is 5.69 Å². The maximum Gasteiger partial charge on any atom is 0.339 e. The van der Waals surface area contributed by atoms with Crippen LogP contribution in [0, 0.1) is 20.2 Å². The Labute approximate surface area is 223 Å². The number of non-ortho nitro benzene ring substituents is 1. The molecule has 0 atom stereocenters. The summed E-state index contributed by atoms with van der Waals surface area (Å²) in [6, 6.07) is 11.3. The van der Waals surface area contributed by atoms with Gasteiger partial charge in [-0.25, -0.2) is 0 Å². The highest BCUT2D eigenvalue weighted by atomic mass is 79.9. The molecule has 3 aromatic rings. The molecule has 3 rings (SSSR count). The molecule has 0 radical (unpaired) electrons. The maximum absolute atomic E-state index is 12.8. The quantitative estimate of drug-likeness (QED) is 0.144. The first-order valence-corrected chi connectivity index (χ1v) is 12.5. The van der Waals surface area contributed by atoms with Gasteiger partial charge in [0.1, 0.15) is 10.6 Å². The van der Waals surface area contributed by atoms with Crippen molar-refractivity contribution in [2.24, 2.45) is 5.10 Å². The number of nitro groups is 2. The smallest absolute Gasteiger partial charge is 0.339 e. The van der Waals surface area contributed by atoms with Gasteiger partial charge in [-0.3, -0.25) is 30.4 Å². The third kappa shape index (κ3) is 6.80. The number of methoxy groups -OCH3 is 1. The van der Waals surface area contributed by atoms with Crippen LogP contribution in [0.4, 0.5) is 22.7 Å². The summed E-state index contributed by atoms with van der Waals surface area (Å²) in [6.45, 7) is 1.32. The van der Waals surface area contributed by atoms with E-state index >= 15 is 0 Å². The van der Waals surface area contributed by atoms with E-state index in [1.54, 1.807) is 0 Å². The number of carbonyl (C=O) groups excluding carboxylic acids is 1. The van der Waals surface area contributed by atoms with E-state index in [0.29, 0.717) is 11.3 Å². The van der Waals surface area contributed by atoms with Gasteiger partial charge >= 0.3 is 15.8 Å². The molecule has 14 nitrogen and oxygen atoms in total. The summed E-state index contributed by atoms with van der Waals surface area (Å²) in [4.78, 5) is 31.6. The van der Waals surface area contributed by atoms with Crippen LogP contribution in [0.1, 0.15) is 12.5 Å². The van der Waals surface area contributed by atoms with Crippen molar-refractivity contribution in [3.63, 3.8) is 0 Å². The molecule has 0 saturated heterocycles. The average molecular weight is 608 g/mol. The van der Waals surface area contributed by atoms with E-state index in [-0.39, 0.29) is 32.5 Å². The van der Waals surface area contributed by atoms with E-state index in [4.69, 9.17) is 8.92 Å². The fourth-order valence-corrected chi connectivity index (χ4v) is 4.62. The molecular formula is C22H18BrN5O9S. The molecule has 0 unspecified atom stereocenters. The van der Waals surface area contributed by atoms with Crippen molar-refractivity contribution in [2.45, 2.75) is 11.8 Å². The van der Waals surface area contributed by atoms with E-state index in [1.165, 1.54) is 56.6 Å². The Balaban J connectivity index is 1.83. The number of benzene rings is 3. The van der Waals surface area contributed by atoms with Crippen LogP contribution in [0.5, 0.6) is 11.5 Å². The van der Waals surface area contributed by atoms with Crippen LogP contribution < -0.4 is 19.7 Å². The number of nitrogens with zero attached hydrogens (tertiary/aromatic N) is 3. The van der Waals surface area contributed by atoms with E-state index in [9.17, 15) is 33.4 Å². The van der Waals surface area contributed by atoms with Crippen molar-refractivity contribution < 1.29 is 32.0 Å². The number of hydrogen-bond acceptors (Lipinski definition) is 11. The summed E-state index contributed by atoms with van der Waals surface area (Å²) in [7, 11) is -2.99. The van der Waals surface area contributed by atoms with Crippen molar-refractivity contribution in [3.05, 3.63) is 84.9 Å². The van der Waals surface area contributed by atoms with E-state index in [0.717, 1.165) is 18.2 Å². The van der Waals surface area contributed by atoms with Crippen LogP contribution in [-0.2, 0) is 14.9 Å². The predicted molar refractivity (Wildman–Crippen MR) is 140 cm³/mol. The maximum atomic E-state index is 12.8. The Morgan fingerprint density at radius 3 is 2.32 bits per heavy atom. The number of halogens is 1. The molecule has 0 fully saturated rings. The Hall–Kier alpha value is -4.57. The number of ether oxygens (including phenoxy) is 1. The topological polar surface area (TPSA) is 192 Å². The molecule has 0 spiro atoms. The Kier molecular flexibility index (Phi) is 8.59. The number of amides is 1. The predicted octanol–water partition coefficient (Wildman–Crippen LogP) is 4.45. The molecule has 0 saturated carbocycles. The van der Waals surface area contributed by atoms with Gasteiger partial charge in [0.2, 0.25) is 5.91 Å². The van der Waals surface area contributed by atoms with Crippen LogP contribution in [0.15, 0.2) is 69.1 Å². The molecule has 2 N–H and O–H groups in total. The molecule has 38 heavy (non-hydrogen) atoms. The van der Waals surface area contributed by atoms with Crippen LogP contribution in [-0.4, -0.2) is 37.5 Å². The second-order valence-electron chi connectivity index (χ2n) is 7.36. The summed E-state index contributed by atoms with van der Waals surface area (Å²) in [5.41, 5.74) is 2.16. The molecule has 198 valence electrons. The second-order valence-corrected chi connectivity index (χ2v) is 9.76. The van der Waals surface area contributed by atoms with Gasteiger partial charge in [-0.1, -0.05) is 0 Å². The first-order chi connectivity index (χ1) is 17.9. The summed E-state index contributed by atoms with van der Waals surface area (Å²) in [6.07, 6.45) is 1.26. The van der Waals surface area contributed by atoms with Gasteiger partial charge < -0.3 is 14.2 Å². The molecule has 16 heteroatoms. The minimum atomic E-state index is -4.28. The van der Waals surface area contributed by atoms with Crippen molar-refractivity contribution in [1.29, 1.82) is 0 Å². The van der Waals surface area contributed by atoms with Crippen molar-refractivity contribution >= 4 is 60.9 Å². The molecule has 0 aliphatic rings. The third-order valence-electron chi connectivity index (χ3n) is 4.70. The zero-order chi connectivity index (χ0) is 28.0. The summed E-state index contributed by atoms with van der Waals surface area (Å²) >= 11 is 3.24. The number of carbonyl (C=O) groups is 1. The normalized spacial score (nSPS) is 11.1. The first-order valence-electron chi connectivity index (χ1n) is 10.3. The van der Waals surface area contributed by atoms with Gasteiger partial charge in [0, 0.05) is 18.7 Å². The highest BCUT2D eigenvalue weighted by Crippen LogP contribution is 2.38. The van der Waals surface area contributed by atoms with Crippen molar-refractivity contribution in [3.8, 4) is 11.5 Å². The zero-order valence-corrected chi connectivity index (χ0v) is 22.0. The number of nitrogens with one attached hydrogen (secondary N) is 2. The fraction of sp³-hybridized carbons (Fsp3) is 0.0909. The van der Waals surface area contributed by atoms with Crippen molar-refractivity contribution in [1.82, 2.24) is 0 Å². The lowest BCUT2D eigenvalue weighted by Crippen LogP contribution is -2.12. The van der Waals surface area contributed by atoms with E-state index in [2.05, 4.69) is 31.8 Å². The molecule has 0 aromatic heterocycles. The number of rotatable bonds is 10. The van der Waals surface area contributed by atoms with Crippen molar-refractivity contribution in [2.75, 3.05) is 17.9 Å². The number of anilines is 2. The van der Waals surface area contributed by atoms with Crippen LogP contribution in [0.25, 0.3) is 0 Å². The lowest BCUT2D eigenvalue weighted by atomic mass is 10.2. The lowest BCUT2D eigenvalue weighted by Gasteiger charge is -2.13. The van der Waals surface area contributed by atoms with Crippen LogP contribution in [0.2, 0.25) is 0 Å². The van der Waals surface area contributed by atoms with E-state index in [1.807, 2.05) is 0 Å². The molecule has 0 aliphatic carbocycles. The Morgan fingerprint density at radius 2 is 1.74 bits per heavy atom. The van der Waals surface area contributed by atoms with Gasteiger partial charge in [-0.05, 0) is 64.0 Å². The molecule has 1 amide bonds. The lowest BCUT2D eigenvalue weighted by molar-refractivity contribution is -0.393. The minimum absolute atomic E-state index is 0.0283. The average Bonchev–Trinajstić information content (AvgIpc) is 2.85. The fourth-order valence-electron chi connectivity index (χ4n) is 3.02. The molecule has 3 aromatic carbocycles. The molecule has 0 heterocycles. The molecule has 0 aliphatic heterocycles. The van der Waals surface area contributed by atoms with Gasteiger partial charge in [-0.15, -0.1) is 0 Å². The highest BCUT2D eigenvalue weighted by Gasteiger charge is 2.22. The first kappa shape index (κ1) is 28.0. The molecular weight excluding hydrogens is 590 g/mol. The number of hydrazone groups is 1. The van der Waals surface area contributed by atoms with Gasteiger partial charge in [0.05, 0.1) is 33.7 Å². The zero-order valence-electron chi connectivity index (χ0n) is 19.6. The second kappa shape index (κ2) is 11.7. The number of nitro benzene ring substituents is 2. The monoisotopic (exact) mass is 607 g/mol. The Morgan fingerprint density at radius 1 is 1.05 bits per heavy atom. The van der Waals surface area contributed by atoms with Gasteiger partial charge in [0.15, 0.2) is 11.5 Å². The summed E-state index contributed by atoms with van der Waals surface area (Å²) in [5.74, 6) is -0.426. The standard InChI is InChI=1S/C22H18BrN5O9S/c1-13(29)25-15-3-6-17(7-4-15)38(34,35)37-22-18(23)9-14(10-21(22)36-2)12-24-26-19-8-5-16(27(30)31)11-20(19)28(32)33/h3-12,26H,1-2H3,(H,25,29)/b24-12-.